The summed E-state index contributed by atoms with van der Waals surface area (Å²) in [5.74, 6) is -0.0866. The molecule has 0 saturated carbocycles. The highest BCUT2D eigenvalue weighted by Crippen LogP contribution is 2.22. The monoisotopic (exact) mass is 401 g/mol. The molecule has 1 heterocycles. The number of ether oxygens (including phenoxy) is 1. The molecule has 1 unspecified atom stereocenters. The molecule has 0 radical (unpaired) electrons. The summed E-state index contributed by atoms with van der Waals surface area (Å²) in [6.45, 7) is 0.528. The van der Waals surface area contributed by atoms with Gasteiger partial charge in [0.25, 0.3) is 0 Å². The molecular weight excluding hydrogens is 374 g/mol. The quantitative estimate of drug-likeness (QED) is 0.374. The van der Waals surface area contributed by atoms with E-state index in [0.717, 1.165) is 12.8 Å². The van der Waals surface area contributed by atoms with E-state index in [1.165, 1.54) is 15.6 Å². The average Bonchev–Trinajstić information content (AvgIpc) is 3.01. The fourth-order valence-electron chi connectivity index (χ4n) is 4.61. The van der Waals surface area contributed by atoms with Crippen molar-refractivity contribution in [3.05, 3.63) is 91.0 Å². The van der Waals surface area contributed by atoms with Crippen LogP contribution in [0.2, 0.25) is 0 Å². The van der Waals surface area contributed by atoms with E-state index < -0.39 is 8.24 Å². The van der Waals surface area contributed by atoms with Crippen molar-refractivity contribution in [2.75, 3.05) is 13.7 Å². The molecule has 3 aromatic rings. The van der Waals surface area contributed by atoms with Gasteiger partial charge in [0.05, 0.1) is 13.0 Å². The standard InChI is InChI=1S/C25H27NO2Si/c1-26(21-12-11-19-28-25(27)20-21)29(22-13-5-2-6-14-22,23-15-7-3-8-16-23)24-17-9-4-10-18-24/h2-10,13-18,21H,11-12,19-20H2,1H3. The molecule has 1 atom stereocenters. The van der Waals surface area contributed by atoms with Crippen LogP contribution in [0, 0.1) is 0 Å². The zero-order valence-electron chi connectivity index (χ0n) is 16.8. The van der Waals surface area contributed by atoms with Gasteiger partial charge in [0.15, 0.2) is 0 Å². The van der Waals surface area contributed by atoms with Crippen LogP contribution in [0.5, 0.6) is 0 Å². The third kappa shape index (κ3) is 3.78. The summed E-state index contributed by atoms with van der Waals surface area (Å²) >= 11 is 0. The van der Waals surface area contributed by atoms with Crippen LogP contribution in [0.4, 0.5) is 0 Å². The molecule has 3 aromatic carbocycles. The zero-order chi connectivity index (χ0) is 20.1. The van der Waals surface area contributed by atoms with Crippen LogP contribution < -0.4 is 15.6 Å². The minimum Gasteiger partial charge on any atom is -0.466 e. The molecule has 1 aliphatic heterocycles. The summed E-state index contributed by atoms with van der Waals surface area (Å²) in [5, 5.41) is 3.99. The van der Waals surface area contributed by atoms with Crippen molar-refractivity contribution in [3.8, 4) is 0 Å². The number of rotatable bonds is 5. The first kappa shape index (κ1) is 19.6. The predicted octanol–water partition coefficient (Wildman–Crippen LogP) is 2.68. The van der Waals surface area contributed by atoms with Crippen LogP contribution in [0.25, 0.3) is 0 Å². The summed E-state index contributed by atoms with van der Waals surface area (Å²) in [6, 6.07) is 32.6. The third-order valence-electron chi connectivity index (χ3n) is 6.00. The lowest BCUT2D eigenvalue weighted by molar-refractivity contribution is -0.143. The summed E-state index contributed by atoms with van der Waals surface area (Å²) in [6.07, 6.45) is 2.31. The Morgan fingerprint density at radius 2 is 1.24 bits per heavy atom. The van der Waals surface area contributed by atoms with Gasteiger partial charge in [-0.2, -0.15) is 0 Å². The van der Waals surface area contributed by atoms with Crippen LogP contribution in [0.1, 0.15) is 19.3 Å². The van der Waals surface area contributed by atoms with Gasteiger partial charge in [-0.25, -0.2) is 0 Å². The minimum absolute atomic E-state index is 0.0866. The highest BCUT2D eigenvalue weighted by atomic mass is 28.3. The van der Waals surface area contributed by atoms with Crippen molar-refractivity contribution >= 4 is 29.8 Å². The van der Waals surface area contributed by atoms with Crippen LogP contribution in [-0.2, 0) is 9.53 Å². The topological polar surface area (TPSA) is 29.5 Å². The number of benzene rings is 3. The van der Waals surface area contributed by atoms with E-state index in [2.05, 4.69) is 103 Å². The Bertz CT molecular complexity index is 834. The van der Waals surface area contributed by atoms with Crippen molar-refractivity contribution in [1.82, 2.24) is 4.57 Å². The van der Waals surface area contributed by atoms with Crippen molar-refractivity contribution < 1.29 is 9.53 Å². The molecule has 0 amide bonds. The summed E-state index contributed by atoms with van der Waals surface area (Å²) in [5.41, 5.74) is 0. The normalized spacial score (nSPS) is 17.6. The smallest absolute Gasteiger partial charge is 0.307 e. The van der Waals surface area contributed by atoms with E-state index in [9.17, 15) is 4.79 Å². The van der Waals surface area contributed by atoms with Crippen LogP contribution >= 0.6 is 0 Å². The Balaban J connectivity index is 1.96. The third-order valence-corrected chi connectivity index (χ3v) is 10.9. The number of esters is 1. The lowest BCUT2D eigenvalue weighted by Crippen LogP contribution is -2.78. The summed E-state index contributed by atoms with van der Waals surface area (Å²) < 4.78 is 7.89. The number of hydrogen-bond acceptors (Lipinski definition) is 3. The maximum absolute atomic E-state index is 12.3. The molecule has 1 fully saturated rings. The van der Waals surface area contributed by atoms with Gasteiger partial charge in [-0.05, 0) is 35.4 Å². The molecule has 0 spiro atoms. The first-order valence-electron chi connectivity index (χ1n) is 10.3. The zero-order valence-corrected chi connectivity index (χ0v) is 17.8. The van der Waals surface area contributed by atoms with E-state index in [4.69, 9.17) is 4.74 Å². The Morgan fingerprint density at radius 1 is 0.793 bits per heavy atom. The second-order valence-electron chi connectivity index (χ2n) is 7.64. The first-order chi connectivity index (χ1) is 14.2. The van der Waals surface area contributed by atoms with E-state index in [0.29, 0.717) is 13.0 Å². The second kappa shape index (κ2) is 8.76. The number of hydrogen-bond donors (Lipinski definition) is 0. The molecule has 148 valence electrons. The van der Waals surface area contributed by atoms with E-state index >= 15 is 0 Å². The Hall–Kier alpha value is -2.69. The largest absolute Gasteiger partial charge is 0.466 e. The second-order valence-corrected chi connectivity index (χ2v) is 11.5. The first-order valence-corrected chi connectivity index (χ1v) is 12.2. The molecule has 4 rings (SSSR count). The molecule has 1 saturated heterocycles. The minimum atomic E-state index is -2.54. The lowest BCUT2D eigenvalue weighted by Gasteiger charge is -2.45. The SMILES string of the molecule is CN(C1CCCOC(=O)C1)[Si](c1ccccc1)(c1ccccc1)c1ccccc1. The Kier molecular flexibility index (Phi) is 5.93. The van der Waals surface area contributed by atoms with Gasteiger partial charge in [-0.1, -0.05) is 91.0 Å². The van der Waals surface area contributed by atoms with Gasteiger partial charge in [-0.15, -0.1) is 0 Å². The van der Waals surface area contributed by atoms with Gasteiger partial charge < -0.3 is 9.30 Å². The average molecular weight is 402 g/mol. The van der Waals surface area contributed by atoms with Gasteiger partial charge in [0.2, 0.25) is 8.24 Å². The van der Waals surface area contributed by atoms with Crippen molar-refractivity contribution in [1.29, 1.82) is 0 Å². The highest BCUT2D eigenvalue weighted by Gasteiger charge is 2.46. The van der Waals surface area contributed by atoms with Crippen molar-refractivity contribution in [2.24, 2.45) is 0 Å². The summed E-state index contributed by atoms with van der Waals surface area (Å²) in [4.78, 5) is 12.3. The number of carbonyl (C=O) groups is 1. The molecule has 0 aromatic heterocycles. The molecule has 0 N–H and O–H groups in total. The maximum Gasteiger partial charge on any atom is 0.307 e. The van der Waals surface area contributed by atoms with Crippen LogP contribution in [-0.4, -0.2) is 38.5 Å². The van der Waals surface area contributed by atoms with Gasteiger partial charge in [0.1, 0.15) is 0 Å². The maximum atomic E-state index is 12.3. The number of carbonyl (C=O) groups excluding carboxylic acids is 1. The fraction of sp³-hybridized carbons (Fsp3) is 0.240. The molecule has 0 aliphatic carbocycles. The Morgan fingerprint density at radius 3 is 1.69 bits per heavy atom. The van der Waals surface area contributed by atoms with Crippen molar-refractivity contribution in [2.45, 2.75) is 25.3 Å². The van der Waals surface area contributed by atoms with E-state index in [1.54, 1.807) is 0 Å². The summed E-state index contributed by atoms with van der Waals surface area (Å²) in [7, 11) is -0.330. The highest BCUT2D eigenvalue weighted by molar-refractivity contribution is 7.09. The lowest BCUT2D eigenvalue weighted by atomic mass is 10.1. The van der Waals surface area contributed by atoms with Crippen molar-refractivity contribution in [3.63, 3.8) is 0 Å². The fourth-order valence-corrected chi connectivity index (χ4v) is 9.63. The van der Waals surface area contributed by atoms with E-state index in [1.807, 2.05) is 0 Å². The predicted molar refractivity (Wildman–Crippen MR) is 120 cm³/mol. The molecule has 3 nitrogen and oxygen atoms in total. The number of cyclic esters (lactones) is 1. The van der Waals surface area contributed by atoms with Gasteiger partial charge >= 0.3 is 5.97 Å². The van der Waals surface area contributed by atoms with E-state index in [-0.39, 0.29) is 12.0 Å². The van der Waals surface area contributed by atoms with Crippen LogP contribution in [0.15, 0.2) is 91.0 Å². The molecule has 29 heavy (non-hydrogen) atoms. The van der Waals surface area contributed by atoms with Gasteiger partial charge in [0, 0.05) is 6.04 Å². The Labute approximate surface area is 174 Å². The van der Waals surface area contributed by atoms with Gasteiger partial charge in [-0.3, -0.25) is 4.79 Å². The molecule has 4 heteroatoms. The molecular formula is C25H27NO2Si. The van der Waals surface area contributed by atoms with Crippen LogP contribution in [0.3, 0.4) is 0 Å². The number of nitrogens with zero attached hydrogens (tertiary/aromatic N) is 1. The molecule has 0 bridgehead atoms. The molecule has 1 aliphatic rings.